The number of hydrogen-bond donors (Lipinski definition) is 0. The maximum Gasteiger partial charge on any atom is 0.122 e. The molecule has 3 heteroatoms. The standard InChI is InChI=1S/C11H15BrO2/c1-8-6-10(12)4-5-11(8)14-7-9(2)13-3/h4-6,9H,7H2,1-3H3. The Morgan fingerprint density at radius 1 is 1.43 bits per heavy atom. The van der Waals surface area contributed by atoms with E-state index in [4.69, 9.17) is 9.47 Å². The number of methoxy groups -OCH3 is 1. The first kappa shape index (κ1) is 11.5. The van der Waals surface area contributed by atoms with Gasteiger partial charge < -0.3 is 9.47 Å². The molecule has 0 aliphatic carbocycles. The van der Waals surface area contributed by atoms with Crippen LogP contribution in [0.3, 0.4) is 0 Å². The Hall–Kier alpha value is -0.540. The molecule has 0 radical (unpaired) electrons. The maximum atomic E-state index is 5.60. The predicted molar refractivity (Wildman–Crippen MR) is 60.8 cm³/mol. The summed E-state index contributed by atoms with van der Waals surface area (Å²) in [5.41, 5.74) is 1.13. The molecule has 0 saturated heterocycles. The molecule has 78 valence electrons. The molecule has 14 heavy (non-hydrogen) atoms. The van der Waals surface area contributed by atoms with Crippen LogP contribution in [0.4, 0.5) is 0 Å². The van der Waals surface area contributed by atoms with Crippen molar-refractivity contribution in [1.29, 1.82) is 0 Å². The van der Waals surface area contributed by atoms with Crippen molar-refractivity contribution in [3.05, 3.63) is 28.2 Å². The van der Waals surface area contributed by atoms with E-state index in [0.717, 1.165) is 15.8 Å². The zero-order valence-corrected chi connectivity index (χ0v) is 10.3. The molecule has 0 aliphatic heterocycles. The van der Waals surface area contributed by atoms with E-state index < -0.39 is 0 Å². The molecule has 0 saturated carbocycles. The summed E-state index contributed by atoms with van der Waals surface area (Å²) in [5.74, 6) is 0.914. The van der Waals surface area contributed by atoms with Crippen LogP contribution in [-0.2, 0) is 4.74 Å². The average Bonchev–Trinajstić information content (AvgIpc) is 2.16. The summed E-state index contributed by atoms with van der Waals surface area (Å²) >= 11 is 3.41. The normalized spacial score (nSPS) is 12.6. The van der Waals surface area contributed by atoms with Crippen molar-refractivity contribution in [3.63, 3.8) is 0 Å². The minimum atomic E-state index is 0.123. The van der Waals surface area contributed by atoms with Crippen molar-refractivity contribution >= 4 is 15.9 Å². The van der Waals surface area contributed by atoms with Gasteiger partial charge in [0.1, 0.15) is 12.4 Å². The summed E-state index contributed by atoms with van der Waals surface area (Å²) in [6, 6.07) is 5.97. The lowest BCUT2D eigenvalue weighted by atomic mass is 10.2. The Kier molecular flexibility index (Phi) is 4.42. The van der Waals surface area contributed by atoms with Crippen LogP contribution in [0.2, 0.25) is 0 Å². The molecule has 0 aliphatic rings. The van der Waals surface area contributed by atoms with Gasteiger partial charge >= 0.3 is 0 Å². The van der Waals surface area contributed by atoms with E-state index in [2.05, 4.69) is 15.9 Å². The molecule has 0 amide bonds. The molecule has 0 bridgehead atoms. The summed E-state index contributed by atoms with van der Waals surface area (Å²) in [6.07, 6.45) is 0.123. The van der Waals surface area contributed by atoms with Gasteiger partial charge in [-0.1, -0.05) is 15.9 Å². The third-order valence-electron chi connectivity index (χ3n) is 2.01. The van der Waals surface area contributed by atoms with E-state index in [-0.39, 0.29) is 6.10 Å². The van der Waals surface area contributed by atoms with Gasteiger partial charge in [-0.2, -0.15) is 0 Å². The summed E-state index contributed by atoms with van der Waals surface area (Å²) in [5, 5.41) is 0. The van der Waals surface area contributed by atoms with Crippen LogP contribution in [0.5, 0.6) is 5.75 Å². The van der Waals surface area contributed by atoms with Gasteiger partial charge in [-0.15, -0.1) is 0 Å². The minimum absolute atomic E-state index is 0.123. The fourth-order valence-electron chi connectivity index (χ4n) is 1.05. The molecule has 1 rings (SSSR count). The number of hydrogen-bond acceptors (Lipinski definition) is 2. The predicted octanol–water partition coefficient (Wildman–Crippen LogP) is 3.17. The molecule has 1 aromatic rings. The van der Waals surface area contributed by atoms with Gasteiger partial charge in [-0.3, -0.25) is 0 Å². The largest absolute Gasteiger partial charge is 0.491 e. The molecule has 0 fully saturated rings. The molecule has 1 atom stereocenters. The van der Waals surface area contributed by atoms with E-state index in [1.54, 1.807) is 7.11 Å². The molecular formula is C11H15BrO2. The van der Waals surface area contributed by atoms with Crippen LogP contribution in [0, 0.1) is 6.92 Å². The summed E-state index contributed by atoms with van der Waals surface area (Å²) < 4.78 is 11.8. The van der Waals surface area contributed by atoms with Crippen molar-refractivity contribution in [3.8, 4) is 5.75 Å². The van der Waals surface area contributed by atoms with Gasteiger partial charge in [0, 0.05) is 11.6 Å². The quantitative estimate of drug-likeness (QED) is 0.826. The number of rotatable bonds is 4. The van der Waals surface area contributed by atoms with E-state index in [9.17, 15) is 0 Å². The monoisotopic (exact) mass is 258 g/mol. The Bertz CT molecular complexity index is 299. The van der Waals surface area contributed by atoms with Gasteiger partial charge in [-0.05, 0) is 37.6 Å². The third kappa shape index (κ3) is 3.31. The van der Waals surface area contributed by atoms with Crippen LogP contribution in [0.15, 0.2) is 22.7 Å². The van der Waals surface area contributed by atoms with Crippen molar-refractivity contribution in [2.75, 3.05) is 13.7 Å². The van der Waals surface area contributed by atoms with Gasteiger partial charge in [0.25, 0.3) is 0 Å². The minimum Gasteiger partial charge on any atom is -0.491 e. The van der Waals surface area contributed by atoms with Gasteiger partial charge in [0.15, 0.2) is 0 Å². The second-order valence-corrected chi connectivity index (χ2v) is 4.18. The Morgan fingerprint density at radius 2 is 2.14 bits per heavy atom. The van der Waals surface area contributed by atoms with Crippen LogP contribution in [0.1, 0.15) is 12.5 Å². The van der Waals surface area contributed by atoms with Crippen LogP contribution in [-0.4, -0.2) is 19.8 Å². The van der Waals surface area contributed by atoms with Crippen LogP contribution < -0.4 is 4.74 Å². The topological polar surface area (TPSA) is 18.5 Å². The van der Waals surface area contributed by atoms with Crippen molar-refractivity contribution in [2.45, 2.75) is 20.0 Å². The van der Waals surface area contributed by atoms with Crippen molar-refractivity contribution in [1.82, 2.24) is 0 Å². The molecule has 2 nitrogen and oxygen atoms in total. The van der Waals surface area contributed by atoms with Crippen LogP contribution in [0.25, 0.3) is 0 Å². The Morgan fingerprint density at radius 3 is 2.71 bits per heavy atom. The highest BCUT2D eigenvalue weighted by Gasteiger charge is 2.03. The highest BCUT2D eigenvalue weighted by atomic mass is 79.9. The highest BCUT2D eigenvalue weighted by Crippen LogP contribution is 2.22. The molecule has 1 aromatic carbocycles. The summed E-state index contributed by atoms with van der Waals surface area (Å²) in [4.78, 5) is 0. The zero-order chi connectivity index (χ0) is 10.6. The molecule has 0 aromatic heterocycles. The average molecular weight is 259 g/mol. The van der Waals surface area contributed by atoms with Gasteiger partial charge in [0.2, 0.25) is 0 Å². The fraction of sp³-hybridized carbons (Fsp3) is 0.455. The summed E-state index contributed by atoms with van der Waals surface area (Å²) in [6.45, 7) is 4.59. The number of ether oxygens (including phenoxy) is 2. The van der Waals surface area contributed by atoms with Gasteiger partial charge in [0.05, 0.1) is 6.10 Å². The molecule has 0 spiro atoms. The smallest absolute Gasteiger partial charge is 0.122 e. The zero-order valence-electron chi connectivity index (χ0n) is 8.71. The lowest BCUT2D eigenvalue weighted by molar-refractivity contribution is 0.0714. The molecule has 0 N–H and O–H groups in total. The fourth-order valence-corrected chi connectivity index (χ4v) is 1.53. The van der Waals surface area contributed by atoms with Crippen molar-refractivity contribution in [2.24, 2.45) is 0 Å². The van der Waals surface area contributed by atoms with Gasteiger partial charge in [-0.25, -0.2) is 0 Å². The number of halogens is 1. The molecule has 1 unspecified atom stereocenters. The Balaban J connectivity index is 2.59. The molecular weight excluding hydrogens is 244 g/mol. The highest BCUT2D eigenvalue weighted by molar-refractivity contribution is 9.10. The van der Waals surface area contributed by atoms with E-state index in [1.807, 2.05) is 32.0 Å². The van der Waals surface area contributed by atoms with Crippen LogP contribution >= 0.6 is 15.9 Å². The third-order valence-corrected chi connectivity index (χ3v) is 2.51. The van der Waals surface area contributed by atoms with E-state index >= 15 is 0 Å². The maximum absolute atomic E-state index is 5.60. The SMILES string of the molecule is COC(C)COc1ccc(Br)cc1C. The van der Waals surface area contributed by atoms with E-state index in [0.29, 0.717) is 6.61 Å². The number of aryl methyl sites for hydroxylation is 1. The first-order chi connectivity index (χ1) is 6.63. The Labute approximate surface area is 93.4 Å². The van der Waals surface area contributed by atoms with E-state index in [1.165, 1.54) is 0 Å². The second-order valence-electron chi connectivity index (χ2n) is 3.27. The van der Waals surface area contributed by atoms with Crippen molar-refractivity contribution < 1.29 is 9.47 Å². The number of benzene rings is 1. The molecule has 0 heterocycles. The first-order valence-corrected chi connectivity index (χ1v) is 5.34. The lowest BCUT2D eigenvalue weighted by Gasteiger charge is -2.13. The second kappa shape index (κ2) is 5.37. The summed E-state index contributed by atoms with van der Waals surface area (Å²) in [7, 11) is 1.68. The first-order valence-electron chi connectivity index (χ1n) is 4.55. The lowest BCUT2D eigenvalue weighted by Crippen LogP contribution is -2.16.